The van der Waals surface area contributed by atoms with E-state index in [0.717, 1.165) is 59.4 Å². The van der Waals surface area contributed by atoms with Crippen molar-refractivity contribution < 1.29 is 4.74 Å². The third kappa shape index (κ3) is 5.18. The van der Waals surface area contributed by atoms with Crippen LogP contribution >= 0.6 is 0 Å². The number of nitrogens with one attached hydrogen (secondary N) is 1. The van der Waals surface area contributed by atoms with E-state index in [1.54, 1.807) is 0 Å². The summed E-state index contributed by atoms with van der Waals surface area (Å²) < 4.78 is 7.72. The molecule has 170 valence electrons. The molecule has 1 fully saturated rings. The van der Waals surface area contributed by atoms with Gasteiger partial charge >= 0.3 is 0 Å². The van der Waals surface area contributed by atoms with Crippen molar-refractivity contribution in [1.29, 1.82) is 0 Å². The molecule has 8 nitrogen and oxygen atoms in total. The molecule has 0 unspecified atom stereocenters. The Labute approximate surface area is 192 Å². The lowest BCUT2D eigenvalue weighted by Gasteiger charge is -2.24. The number of nitrogens with zero attached hydrogens (tertiary/aromatic N) is 5. The second-order valence-electron chi connectivity index (χ2n) is 8.76. The first kappa shape index (κ1) is 21.5. The van der Waals surface area contributed by atoms with Crippen LogP contribution in [-0.2, 0) is 24.4 Å². The average molecular weight is 445 g/mol. The van der Waals surface area contributed by atoms with Crippen LogP contribution < -0.4 is 5.56 Å². The zero-order chi connectivity index (χ0) is 22.6. The van der Waals surface area contributed by atoms with E-state index in [0.29, 0.717) is 19.6 Å². The van der Waals surface area contributed by atoms with Gasteiger partial charge in [-0.25, -0.2) is 4.68 Å². The van der Waals surface area contributed by atoms with Crippen molar-refractivity contribution in [2.24, 2.45) is 0 Å². The number of hydrogen-bond acceptors (Lipinski definition) is 6. The van der Waals surface area contributed by atoms with Gasteiger partial charge in [0.25, 0.3) is 5.56 Å². The molecule has 8 heteroatoms. The smallest absolute Gasteiger partial charge is 0.252 e. The maximum Gasteiger partial charge on any atom is 0.252 e. The molecular formula is C25H28N6O2. The van der Waals surface area contributed by atoms with E-state index in [-0.39, 0.29) is 11.7 Å². The Morgan fingerprint density at radius 2 is 2.03 bits per heavy atom. The number of ether oxygens (including phenoxy) is 1. The highest BCUT2D eigenvalue weighted by molar-refractivity contribution is 5.79. The van der Waals surface area contributed by atoms with E-state index in [1.807, 2.05) is 41.9 Å². The van der Waals surface area contributed by atoms with E-state index in [4.69, 9.17) is 4.74 Å². The largest absolute Gasteiger partial charge is 0.377 e. The first-order chi connectivity index (χ1) is 16.1. The molecule has 3 heterocycles. The topological polar surface area (TPSA) is 88.9 Å². The number of pyridine rings is 1. The quantitative estimate of drug-likeness (QED) is 0.449. The molecule has 1 N–H and O–H groups in total. The minimum Gasteiger partial charge on any atom is -0.377 e. The minimum atomic E-state index is -0.0608. The lowest BCUT2D eigenvalue weighted by molar-refractivity contribution is 0.0663. The Hall–Kier alpha value is -3.36. The van der Waals surface area contributed by atoms with Crippen molar-refractivity contribution in [3.05, 3.63) is 87.5 Å². The molecule has 0 spiro atoms. The van der Waals surface area contributed by atoms with E-state index in [1.165, 1.54) is 0 Å². The molecule has 1 aliphatic rings. The fourth-order valence-electron chi connectivity index (χ4n) is 4.40. The standard InChI is InChI=1S/C25H28N6O2/c1-18-9-10-20-13-21(25(32)26-23(20)12-18)15-30(16-22-8-5-11-33-22)17-24-27-28-29-31(24)14-19-6-3-2-4-7-19/h2-4,6-7,9-10,12-13,22H,5,8,11,14-17H2,1H3,(H,26,32)/t22-/m0/s1. The van der Waals surface area contributed by atoms with E-state index >= 15 is 0 Å². The maximum atomic E-state index is 12.9. The van der Waals surface area contributed by atoms with Gasteiger partial charge in [-0.15, -0.1) is 5.10 Å². The summed E-state index contributed by atoms with van der Waals surface area (Å²) in [6.07, 6.45) is 2.25. The fourth-order valence-corrected chi connectivity index (χ4v) is 4.40. The van der Waals surface area contributed by atoms with E-state index < -0.39 is 0 Å². The summed E-state index contributed by atoms with van der Waals surface area (Å²) in [6, 6.07) is 18.2. The Morgan fingerprint density at radius 1 is 1.15 bits per heavy atom. The van der Waals surface area contributed by atoms with Gasteiger partial charge in [-0.3, -0.25) is 9.69 Å². The lowest BCUT2D eigenvalue weighted by atomic mass is 10.1. The van der Waals surface area contributed by atoms with Gasteiger partial charge in [0.1, 0.15) is 0 Å². The van der Waals surface area contributed by atoms with Gasteiger partial charge in [0.05, 0.1) is 19.2 Å². The first-order valence-corrected chi connectivity index (χ1v) is 11.4. The van der Waals surface area contributed by atoms with Crippen molar-refractivity contribution >= 4 is 10.9 Å². The molecule has 1 atom stereocenters. The first-order valence-electron chi connectivity index (χ1n) is 11.4. The molecule has 5 rings (SSSR count). The van der Waals surface area contributed by atoms with Crippen molar-refractivity contribution in [3.63, 3.8) is 0 Å². The molecule has 0 aliphatic carbocycles. The molecule has 0 saturated carbocycles. The monoisotopic (exact) mass is 444 g/mol. The van der Waals surface area contributed by atoms with Crippen LogP contribution in [-0.4, -0.2) is 49.3 Å². The molecule has 0 radical (unpaired) electrons. The van der Waals surface area contributed by atoms with Gasteiger partial charge < -0.3 is 9.72 Å². The highest BCUT2D eigenvalue weighted by Gasteiger charge is 2.22. The number of aromatic nitrogens is 5. The summed E-state index contributed by atoms with van der Waals surface area (Å²) in [5.74, 6) is 0.768. The van der Waals surface area contributed by atoms with Crippen LogP contribution in [0.5, 0.6) is 0 Å². The van der Waals surface area contributed by atoms with E-state index in [2.05, 4.69) is 49.7 Å². The highest BCUT2D eigenvalue weighted by Crippen LogP contribution is 2.18. The number of tetrazole rings is 1. The number of aromatic amines is 1. The van der Waals surface area contributed by atoms with Gasteiger partial charge in [0, 0.05) is 30.8 Å². The number of aryl methyl sites for hydroxylation is 1. The van der Waals surface area contributed by atoms with Crippen molar-refractivity contribution in [3.8, 4) is 0 Å². The molecule has 0 amide bonds. The molecule has 4 aromatic rings. The second kappa shape index (κ2) is 9.64. The van der Waals surface area contributed by atoms with Crippen LogP contribution in [0.25, 0.3) is 10.9 Å². The normalized spacial score (nSPS) is 16.1. The van der Waals surface area contributed by atoms with E-state index in [9.17, 15) is 4.79 Å². The van der Waals surface area contributed by atoms with Crippen LogP contribution in [0, 0.1) is 6.92 Å². The maximum absolute atomic E-state index is 12.9. The van der Waals surface area contributed by atoms with Crippen molar-refractivity contribution in [1.82, 2.24) is 30.1 Å². The molecule has 1 saturated heterocycles. The number of rotatable bonds is 8. The molecule has 2 aromatic carbocycles. The van der Waals surface area contributed by atoms with Crippen LogP contribution in [0.15, 0.2) is 59.4 Å². The molecular weight excluding hydrogens is 416 g/mol. The summed E-state index contributed by atoms with van der Waals surface area (Å²) in [4.78, 5) is 18.1. The SMILES string of the molecule is Cc1ccc2cc(CN(Cc3nnnn3Cc3ccccc3)C[C@@H]3CCCO3)c(=O)[nH]c2c1. The number of fused-ring (bicyclic) bond motifs is 1. The summed E-state index contributed by atoms with van der Waals surface area (Å²) in [5.41, 5.74) is 3.79. The Kier molecular flexibility index (Phi) is 6.28. The van der Waals surface area contributed by atoms with Crippen molar-refractivity contribution in [2.75, 3.05) is 13.2 Å². The van der Waals surface area contributed by atoms with Gasteiger partial charge in [-0.2, -0.15) is 0 Å². The van der Waals surface area contributed by atoms with Crippen LogP contribution in [0.1, 0.15) is 35.4 Å². The number of H-pyrrole nitrogens is 1. The minimum absolute atomic E-state index is 0.0608. The van der Waals surface area contributed by atoms with Crippen LogP contribution in [0.2, 0.25) is 0 Å². The summed E-state index contributed by atoms with van der Waals surface area (Å²) >= 11 is 0. The molecule has 0 bridgehead atoms. The predicted molar refractivity (Wildman–Crippen MR) is 126 cm³/mol. The number of benzene rings is 2. The van der Waals surface area contributed by atoms with Gasteiger partial charge in [0.2, 0.25) is 0 Å². The van der Waals surface area contributed by atoms with Gasteiger partial charge in [-0.1, -0.05) is 42.5 Å². The lowest BCUT2D eigenvalue weighted by Crippen LogP contribution is -2.34. The third-order valence-corrected chi connectivity index (χ3v) is 6.10. The number of hydrogen-bond donors (Lipinski definition) is 1. The third-order valence-electron chi connectivity index (χ3n) is 6.10. The summed E-state index contributed by atoms with van der Waals surface area (Å²) in [7, 11) is 0. The Balaban J connectivity index is 1.40. The van der Waals surface area contributed by atoms with Crippen molar-refractivity contribution in [2.45, 2.75) is 45.5 Å². The second-order valence-corrected chi connectivity index (χ2v) is 8.76. The van der Waals surface area contributed by atoms with Gasteiger partial charge in [0.15, 0.2) is 5.82 Å². The zero-order valence-corrected chi connectivity index (χ0v) is 18.8. The van der Waals surface area contributed by atoms with Crippen LogP contribution in [0.3, 0.4) is 0 Å². The molecule has 2 aromatic heterocycles. The molecule has 33 heavy (non-hydrogen) atoms. The predicted octanol–water partition coefficient (Wildman–Crippen LogP) is 3.05. The zero-order valence-electron chi connectivity index (χ0n) is 18.8. The Bertz CT molecular complexity index is 1280. The van der Waals surface area contributed by atoms with Gasteiger partial charge in [-0.05, 0) is 58.8 Å². The summed E-state index contributed by atoms with van der Waals surface area (Å²) in [6.45, 7) is 5.17. The molecule has 1 aliphatic heterocycles. The Morgan fingerprint density at radius 3 is 2.85 bits per heavy atom. The average Bonchev–Trinajstić information content (AvgIpc) is 3.47. The van der Waals surface area contributed by atoms with Crippen LogP contribution in [0.4, 0.5) is 0 Å². The fraction of sp³-hybridized carbons (Fsp3) is 0.360. The highest BCUT2D eigenvalue weighted by atomic mass is 16.5. The summed E-state index contributed by atoms with van der Waals surface area (Å²) in [5, 5.41) is 13.4.